The number of hydrogen-bond acceptors (Lipinski definition) is 3. The Morgan fingerprint density at radius 2 is 1.95 bits per heavy atom. The van der Waals surface area contributed by atoms with Crippen molar-refractivity contribution in [2.24, 2.45) is 0 Å². The lowest BCUT2D eigenvalue weighted by atomic mass is 10.1. The van der Waals surface area contributed by atoms with E-state index in [9.17, 15) is 9.18 Å². The largest absolute Gasteiger partial charge is 0.489 e. The van der Waals surface area contributed by atoms with Crippen LogP contribution in [0.3, 0.4) is 0 Å². The van der Waals surface area contributed by atoms with Crippen LogP contribution in [0.25, 0.3) is 0 Å². The zero-order valence-electron chi connectivity index (χ0n) is 11.0. The molecule has 0 aromatic heterocycles. The van der Waals surface area contributed by atoms with Crippen LogP contribution in [0.4, 0.5) is 4.39 Å². The summed E-state index contributed by atoms with van der Waals surface area (Å²) in [6, 6.07) is 12.5. The van der Waals surface area contributed by atoms with Gasteiger partial charge in [0.25, 0.3) is 0 Å². The van der Waals surface area contributed by atoms with Gasteiger partial charge in [0.15, 0.2) is 0 Å². The Morgan fingerprint density at radius 1 is 1.24 bits per heavy atom. The normalized spacial score (nSPS) is 9.90. The molecule has 0 fully saturated rings. The minimum atomic E-state index is -0.901. The average molecular weight is 285 g/mol. The first-order valence-corrected chi connectivity index (χ1v) is 6.20. The SMILES string of the molecule is N#Cc1ccc(F)cc1COc1ccc(CC(=O)O)cc1. The van der Waals surface area contributed by atoms with E-state index in [0.717, 1.165) is 0 Å². The Labute approximate surface area is 121 Å². The zero-order valence-corrected chi connectivity index (χ0v) is 11.0. The van der Waals surface area contributed by atoms with Crippen molar-refractivity contribution in [3.63, 3.8) is 0 Å². The van der Waals surface area contributed by atoms with Gasteiger partial charge < -0.3 is 9.84 Å². The van der Waals surface area contributed by atoms with Crippen LogP contribution in [0.2, 0.25) is 0 Å². The predicted molar refractivity (Wildman–Crippen MR) is 73.2 cm³/mol. The van der Waals surface area contributed by atoms with Gasteiger partial charge >= 0.3 is 5.97 Å². The van der Waals surface area contributed by atoms with E-state index in [-0.39, 0.29) is 13.0 Å². The highest BCUT2D eigenvalue weighted by Crippen LogP contribution is 2.17. The van der Waals surface area contributed by atoms with E-state index in [1.807, 2.05) is 6.07 Å². The molecule has 0 aliphatic rings. The zero-order chi connectivity index (χ0) is 15.2. The maximum Gasteiger partial charge on any atom is 0.307 e. The van der Waals surface area contributed by atoms with Crippen molar-refractivity contribution in [1.29, 1.82) is 5.26 Å². The van der Waals surface area contributed by atoms with Crippen molar-refractivity contribution in [3.05, 3.63) is 65.0 Å². The Balaban J connectivity index is 2.05. The summed E-state index contributed by atoms with van der Waals surface area (Å²) in [4.78, 5) is 10.6. The molecule has 4 nitrogen and oxygen atoms in total. The predicted octanol–water partition coefficient (Wildman–Crippen LogP) is 2.90. The second kappa shape index (κ2) is 6.53. The number of carboxylic acids is 1. The fraction of sp³-hybridized carbons (Fsp3) is 0.125. The number of benzene rings is 2. The lowest BCUT2D eigenvalue weighted by Crippen LogP contribution is -2.01. The van der Waals surface area contributed by atoms with Gasteiger partial charge in [-0.05, 0) is 35.9 Å². The Morgan fingerprint density at radius 3 is 2.57 bits per heavy atom. The molecule has 106 valence electrons. The molecule has 0 aliphatic heterocycles. The van der Waals surface area contributed by atoms with Crippen molar-refractivity contribution in [3.8, 4) is 11.8 Å². The summed E-state index contributed by atoms with van der Waals surface area (Å²) in [6.07, 6.45) is -0.0528. The molecule has 0 radical (unpaired) electrons. The second-order valence-corrected chi connectivity index (χ2v) is 4.42. The summed E-state index contributed by atoms with van der Waals surface area (Å²) in [6.45, 7) is 0.0684. The van der Waals surface area contributed by atoms with Gasteiger partial charge in [0.2, 0.25) is 0 Å². The molecule has 0 saturated carbocycles. The van der Waals surface area contributed by atoms with E-state index in [1.54, 1.807) is 24.3 Å². The smallest absolute Gasteiger partial charge is 0.307 e. The Hall–Kier alpha value is -2.87. The molecule has 21 heavy (non-hydrogen) atoms. The number of carboxylic acid groups (broad SMARTS) is 1. The van der Waals surface area contributed by atoms with E-state index in [4.69, 9.17) is 15.1 Å². The topological polar surface area (TPSA) is 70.3 Å². The summed E-state index contributed by atoms with van der Waals surface area (Å²) in [5, 5.41) is 17.6. The average Bonchev–Trinajstić information content (AvgIpc) is 2.46. The second-order valence-electron chi connectivity index (χ2n) is 4.42. The van der Waals surface area contributed by atoms with Gasteiger partial charge in [-0.2, -0.15) is 5.26 Å². The molecular weight excluding hydrogens is 273 g/mol. The van der Waals surface area contributed by atoms with Gasteiger partial charge in [-0.15, -0.1) is 0 Å². The molecule has 0 atom stereocenters. The maximum absolute atomic E-state index is 13.2. The molecule has 0 aliphatic carbocycles. The standard InChI is InChI=1S/C16H12FNO3/c17-14-4-3-12(9-18)13(8-14)10-21-15-5-1-11(2-6-15)7-16(19)20/h1-6,8H,7,10H2,(H,19,20). The van der Waals surface area contributed by atoms with Gasteiger partial charge in [0.1, 0.15) is 18.2 Å². The van der Waals surface area contributed by atoms with Crippen molar-refractivity contribution in [1.82, 2.24) is 0 Å². The van der Waals surface area contributed by atoms with Gasteiger partial charge in [-0.3, -0.25) is 4.79 Å². The first-order chi connectivity index (χ1) is 10.1. The lowest BCUT2D eigenvalue weighted by Gasteiger charge is -2.08. The monoisotopic (exact) mass is 285 g/mol. The molecular formula is C16H12FNO3. The van der Waals surface area contributed by atoms with E-state index >= 15 is 0 Å². The quantitative estimate of drug-likeness (QED) is 0.917. The van der Waals surface area contributed by atoms with Crippen LogP contribution >= 0.6 is 0 Å². The Bertz CT molecular complexity index is 690. The maximum atomic E-state index is 13.2. The summed E-state index contributed by atoms with van der Waals surface area (Å²) >= 11 is 0. The fourth-order valence-electron chi connectivity index (χ4n) is 1.83. The highest BCUT2D eigenvalue weighted by atomic mass is 19.1. The van der Waals surface area contributed by atoms with Crippen LogP contribution < -0.4 is 4.74 Å². The van der Waals surface area contributed by atoms with Crippen LogP contribution in [0, 0.1) is 17.1 Å². The summed E-state index contributed by atoms with van der Waals surface area (Å²) in [5.41, 5.74) is 1.49. The first kappa shape index (κ1) is 14.5. The van der Waals surface area contributed by atoms with Crippen LogP contribution in [-0.2, 0) is 17.8 Å². The Kier molecular flexibility index (Phi) is 4.52. The van der Waals surface area contributed by atoms with Gasteiger partial charge in [-0.1, -0.05) is 12.1 Å². The van der Waals surface area contributed by atoms with Gasteiger partial charge in [0.05, 0.1) is 18.1 Å². The lowest BCUT2D eigenvalue weighted by molar-refractivity contribution is -0.136. The van der Waals surface area contributed by atoms with Gasteiger partial charge in [0, 0.05) is 5.56 Å². The van der Waals surface area contributed by atoms with Crippen molar-refractivity contribution in [2.45, 2.75) is 13.0 Å². The van der Waals surface area contributed by atoms with Crippen molar-refractivity contribution < 1.29 is 19.0 Å². The third kappa shape index (κ3) is 4.05. The van der Waals surface area contributed by atoms with Crippen molar-refractivity contribution in [2.75, 3.05) is 0 Å². The van der Waals surface area contributed by atoms with Crippen LogP contribution in [0.5, 0.6) is 5.75 Å². The molecule has 1 N–H and O–H groups in total. The molecule has 0 bridgehead atoms. The number of ether oxygens (including phenoxy) is 1. The molecule has 5 heteroatoms. The number of carbonyl (C=O) groups is 1. The van der Waals surface area contributed by atoms with E-state index in [0.29, 0.717) is 22.4 Å². The molecule has 2 rings (SSSR count). The fourth-order valence-corrected chi connectivity index (χ4v) is 1.83. The number of rotatable bonds is 5. The number of hydrogen-bond donors (Lipinski definition) is 1. The summed E-state index contributed by atoms with van der Waals surface area (Å²) in [5.74, 6) is -0.802. The highest BCUT2D eigenvalue weighted by molar-refractivity contribution is 5.70. The third-order valence-corrected chi connectivity index (χ3v) is 2.86. The summed E-state index contributed by atoms with van der Waals surface area (Å²) < 4.78 is 18.6. The summed E-state index contributed by atoms with van der Waals surface area (Å²) in [7, 11) is 0. The molecule has 0 heterocycles. The number of nitrogens with zero attached hydrogens (tertiary/aromatic N) is 1. The molecule has 2 aromatic rings. The van der Waals surface area contributed by atoms with Gasteiger partial charge in [-0.25, -0.2) is 4.39 Å². The number of aliphatic carboxylic acids is 1. The minimum Gasteiger partial charge on any atom is -0.489 e. The van der Waals surface area contributed by atoms with Crippen LogP contribution in [-0.4, -0.2) is 11.1 Å². The van der Waals surface area contributed by atoms with E-state index in [1.165, 1.54) is 18.2 Å². The third-order valence-electron chi connectivity index (χ3n) is 2.86. The molecule has 0 amide bonds. The number of nitriles is 1. The molecule has 0 spiro atoms. The molecule has 2 aromatic carbocycles. The van der Waals surface area contributed by atoms with E-state index in [2.05, 4.69) is 0 Å². The molecule has 0 unspecified atom stereocenters. The molecule has 0 saturated heterocycles. The first-order valence-electron chi connectivity index (χ1n) is 6.20. The van der Waals surface area contributed by atoms with Crippen LogP contribution in [0.1, 0.15) is 16.7 Å². The highest BCUT2D eigenvalue weighted by Gasteiger charge is 2.05. The van der Waals surface area contributed by atoms with E-state index < -0.39 is 11.8 Å². The minimum absolute atomic E-state index is 0.0528. The van der Waals surface area contributed by atoms with Crippen LogP contribution in [0.15, 0.2) is 42.5 Å². The van der Waals surface area contributed by atoms with Crippen molar-refractivity contribution >= 4 is 5.97 Å². The number of halogens is 1.